The van der Waals surface area contributed by atoms with Crippen LogP contribution in [0.4, 0.5) is 10.2 Å². The zero-order chi connectivity index (χ0) is 22.6. The maximum Gasteiger partial charge on any atom is 0.168 e. The minimum atomic E-state index is 0.00981. The molecule has 0 spiro atoms. The molecule has 0 atom stereocenters. The third kappa shape index (κ3) is 7.53. The Morgan fingerprint density at radius 3 is 2.48 bits per heavy atom. The minimum Gasteiger partial charge on any atom is -0.367 e. The first-order chi connectivity index (χ1) is 15.1. The van der Waals surface area contributed by atoms with E-state index in [1.807, 2.05) is 39.2 Å². The Morgan fingerprint density at radius 2 is 1.90 bits per heavy atom. The first-order valence-corrected chi connectivity index (χ1v) is 12.7. The summed E-state index contributed by atoms with van der Waals surface area (Å²) in [4.78, 5) is 8.96. The monoisotopic (exact) mass is 444 g/mol. The van der Waals surface area contributed by atoms with Crippen LogP contribution in [-0.2, 0) is 6.54 Å². The van der Waals surface area contributed by atoms with E-state index in [2.05, 4.69) is 45.2 Å². The lowest BCUT2D eigenvalue weighted by molar-refractivity contribution is 0.582. The van der Waals surface area contributed by atoms with Crippen molar-refractivity contribution in [2.24, 2.45) is 0 Å². The van der Waals surface area contributed by atoms with Crippen LogP contribution in [0.15, 0.2) is 53.2 Å². The van der Waals surface area contributed by atoms with Crippen molar-refractivity contribution in [1.29, 1.82) is 0 Å². The van der Waals surface area contributed by atoms with Crippen molar-refractivity contribution < 1.29 is 4.39 Å². The van der Waals surface area contributed by atoms with Gasteiger partial charge in [-0.2, -0.15) is 0 Å². The number of hydrogen-bond donors (Lipinski definition) is 1. The molecule has 0 radical (unpaired) electrons. The molecule has 2 aliphatic carbocycles. The number of hydrogen-bond acceptors (Lipinski definition) is 4. The van der Waals surface area contributed by atoms with Crippen LogP contribution in [0, 0.1) is 0 Å². The molecule has 170 valence electrons. The van der Waals surface area contributed by atoms with Gasteiger partial charge in [-0.15, -0.1) is 0 Å². The van der Waals surface area contributed by atoms with Crippen LogP contribution in [0.1, 0.15) is 66.2 Å². The minimum absolute atomic E-state index is 0.00981. The molecular weight excluding hydrogens is 407 g/mol. The quantitative estimate of drug-likeness (QED) is 0.481. The summed E-state index contributed by atoms with van der Waals surface area (Å²) in [6.07, 6.45) is 16.0. The van der Waals surface area contributed by atoms with E-state index in [1.165, 1.54) is 42.5 Å². The summed E-state index contributed by atoms with van der Waals surface area (Å²) in [5, 5.41) is 4.63. The Hall–Kier alpha value is -2.08. The average molecular weight is 445 g/mol. The molecule has 0 aromatic carbocycles. The van der Waals surface area contributed by atoms with Gasteiger partial charge in [0.2, 0.25) is 0 Å². The van der Waals surface area contributed by atoms with Crippen LogP contribution in [-0.4, -0.2) is 26.8 Å². The van der Waals surface area contributed by atoms with Crippen molar-refractivity contribution in [2.75, 3.05) is 11.6 Å². The van der Waals surface area contributed by atoms with Gasteiger partial charge in [0.25, 0.3) is 0 Å². The van der Waals surface area contributed by atoms with E-state index >= 15 is 0 Å². The largest absolute Gasteiger partial charge is 0.367 e. The molecule has 4 rings (SSSR count). The predicted octanol–water partition coefficient (Wildman–Crippen LogP) is 7.65. The second-order valence-electron chi connectivity index (χ2n) is 7.56. The smallest absolute Gasteiger partial charge is 0.168 e. The third-order valence-corrected chi connectivity index (χ3v) is 6.08. The van der Waals surface area contributed by atoms with Gasteiger partial charge in [0, 0.05) is 30.8 Å². The molecule has 1 N–H and O–H groups in total. The number of aromatic nitrogens is 3. The number of allylic oxidation sites excluding steroid dienone is 4. The molecule has 2 aromatic heterocycles. The number of nitrogens with one attached hydrogen (secondary N) is 1. The number of thioether (sulfide) groups is 1. The van der Waals surface area contributed by atoms with Gasteiger partial charge in [-0.25, -0.2) is 14.4 Å². The fourth-order valence-electron chi connectivity index (χ4n) is 3.72. The highest BCUT2D eigenvalue weighted by Crippen LogP contribution is 2.27. The van der Waals surface area contributed by atoms with Crippen LogP contribution in [0.3, 0.4) is 0 Å². The predicted molar refractivity (Wildman–Crippen MR) is 132 cm³/mol. The molecule has 2 aromatic rings. The maximum atomic E-state index is 12.2. The summed E-state index contributed by atoms with van der Waals surface area (Å²) in [7, 11) is 0. The van der Waals surface area contributed by atoms with Gasteiger partial charge in [-0.1, -0.05) is 50.1 Å². The lowest BCUT2D eigenvalue weighted by atomic mass is 10.1. The van der Waals surface area contributed by atoms with Crippen molar-refractivity contribution in [2.45, 2.75) is 84.0 Å². The molecule has 1 fully saturated rings. The first kappa shape index (κ1) is 25.2. The lowest BCUT2D eigenvalue weighted by Crippen LogP contribution is -2.15. The number of halogens is 1. The molecule has 6 heteroatoms. The van der Waals surface area contributed by atoms with Crippen LogP contribution in [0.5, 0.6) is 0 Å². The SMILES string of the molecule is CC.CC1=CC=C(F)CC1.CCn1c(-c2ccnc(NC3CCCC3)c2)cnc1SC. The molecule has 2 heterocycles. The Kier molecular flexibility index (Phi) is 10.9. The van der Waals surface area contributed by atoms with Gasteiger partial charge >= 0.3 is 0 Å². The number of nitrogens with zero attached hydrogens (tertiary/aromatic N) is 3. The summed E-state index contributed by atoms with van der Waals surface area (Å²) in [6, 6.07) is 4.80. The summed E-state index contributed by atoms with van der Waals surface area (Å²) in [6.45, 7) is 9.10. The van der Waals surface area contributed by atoms with Crippen LogP contribution in [0.2, 0.25) is 0 Å². The summed E-state index contributed by atoms with van der Waals surface area (Å²) in [5.74, 6) is 0.990. The number of imidazole rings is 1. The molecule has 0 saturated heterocycles. The van der Waals surface area contributed by atoms with E-state index in [1.54, 1.807) is 17.8 Å². The molecule has 0 amide bonds. The zero-order valence-electron chi connectivity index (χ0n) is 19.6. The molecule has 4 nitrogen and oxygen atoms in total. The number of pyridine rings is 1. The van der Waals surface area contributed by atoms with E-state index in [9.17, 15) is 4.39 Å². The fraction of sp³-hybridized carbons (Fsp3) is 0.520. The van der Waals surface area contributed by atoms with Gasteiger partial charge in [-0.3, -0.25) is 0 Å². The van der Waals surface area contributed by atoms with E-state index in [4.69, 9.17) is 0 Å². The molecule has 1 saturated carbocycles. The average Bonchev–Trinajstić information content (AvgIpc) is 3.47. The van der Waals surface area contributed by atoms with Gasteiger partial charge in [0.1, 0.15) is 11.6 Å². The molecule has 2 aliphatic rings. The van der Waals surface area contributed by atoms with Gasteiger partial charge in [0.15, 0.2) is 5.16 Å². The normalized spacial score (nSPS) is 15.8. The highest BCUT2D eigenvalue weighted by molar-refractivity contribution is 7.98. The first-order valence-electron chi connectivity index (χ1n) is 11.4. The lowest BCUT2D eigenvalue weighted by Gasteiger charge is -2.14. The van der Waals surface area contributed by atoms with Crippen molar-refractivity contribution in [3.8, 4) is 11.3 Å². The Labute approximate surface area is 191 Å². The van der Waals surface area contributed by atoms with Crippen molar-refractivity contribution >= 4 is 17.6 Å². The molecule has 0 unspecified atom stereocenters. The van der Waals surface area contributed by atoms with Crippen LogP contribution < -0.4 is 5.32 Å². The molecular formula is C25H37FN4S. The Bertz CT molecular complexity index is 848. The van der Waals surface area contributed by atoms with Crippen LogP contribution >= 0.6 is 11.8 Å². The van der Waals surface area contributed by atoms with Crippen molar-refractivity contribution in [1.82, 2.24) is 14.5 Å². The standard InChI is InChI=1S/C16H22N4S.C7H9F.C2H6/c1-3-20-14(11-18-16(20)21-2)12-8-9-17-15(10-12)19-13-6-4-5-7-13;1-6-2-4-7(8)5-3-6;1-2/h8-11,13H,3-7H2,1-2H3,(H,17,19);2,4H,3,5H2,1H3;1-2H3. The van der Waals surface area contributed by atoms with Gasteiger partial charge < -0.3 is 9.88 Å². The topological polar surface area (TPSA) is 42.7 Å². The van der Waals surface area contributed by atoms with E-state index < -0.39 is 0 Å². The van der Waals surface area contributed by atoms with Crippen molar-refractivity contribution in [3.05, 3.63) is 48.1 Å². The molecule has 0 aliphatic heterocycles. The van der Waals surface area contributed by atoms with E-state index in [0.717, 1.165) is 23.9 Å². The van der Waals surface area contributed by atoms with E-state index in [0.29, 0.717) is 12.5 Å². The van der Waals surface area contributed by atoms with Crippen LogP contribution in [0.25, 0.3) is 11.3 Å². The third-order valence-electron chi connectivity index (χ3n) is 5.39. The molecule has 0 bridgehead atoms. The van der Waals surface area contributed by atoms with E-state index in [-0.39, 0.29) is 5.83 Å². The zero-order valence-corrected chi connectivity index (χ0v) is 20.4. The second-order valence-corrected chi connectivity index (χ2v) is 8.33. The second kappa shape index (κ2) is 13.4. The summed E-state index contributed by atoms with van der Waals surface area (Å²) in [5.41, 5.74) is 3.62. The maximum absolute atomic E-state index is 12.2. The number of anilines is 1. The highest BCUT2D eigenvalue weighted by Gasteiger charge is 2.16. The van der Waals surface area contributed by atoms with Gasteiger partial charge in [-0.05, 0) is 57.6 Å². The highest BCUT2D eigenvalue weighted by atomic mass is 32.2. The fourth-order valence-corrected chi connectivity index (χ4v) is 4.33. The number of rotatable bonds is 5. The van der Waals surface area contributed by atoms with Gasteiger partial charge in [0.05, 0.1) is 11.9 Å². The summed E-state index contributed by atoms with van der Waals surface area (Å²) >= 11 is 1.69. The summed E-state index contributed by atoms with van der Waals surface area (Å²) < 4.78 is 14.4. The Balaban J connectivity index is 0.000000286. The van der Waals surface area contributed by atoms with Crippen molar-refractivity contribution in [3.63, 3.8) is 0 Å². The Morgan fingerprint density at radius 1 is 1.16 bits per heavy atom. The molecule has 31 heavy (non-hydrogen) atoms.